The molecule has 2 rings (SSSR count). The number of nitrogens with one attached hydrogen (secondary N) is 1. The van der Waals surface area contributed by atoms with E-state index in [-0.39, 0.29) is 0 Å². The maximum absolute atomic E-state index is 8.69. The second-order valence-corrected chi connectivity index (χ2v) is 5.71. The minimum Gasteiger partial charge on any atom is -0.368 e. The molecule has 0 radical (unpaired) electrons. The van der Waals surface area contributed by atoms with Crippen LogP contribution in [-0.4, -0.2) is 42.3 Å². The van der Waals surface area contributed by atoms with Gasteiger partial charge in [-0.1, -0.05) is 12.8 Å². The first-order valence-electron chi connectivity index (χ1n) is 6.76. The molecular formula is C14H21N5. The van der Waals surface area contributed by atoms with Crippen molar-refractivity contribution in [2.45, 2.75) is 25.7 Å². The largest absolute Gasteiger partial charge is 0.368 e. The van der Waals surface area contributed by atoms with Crippen molar-refractivity contribution in [3.8, 4) is 6.07 Å². The first-order valence-corrected chi connectivity index (χ1v) is 6.76. The van der Waals surface area contributed by atoms with Crippen LogP contribution < -0.4 is 5.32 Å². The summed E-state index contributed by atoms with van der Waals surface area (Å²) < 4.78 is 0. The van der Waals surface area contributed by atoms with E-state index in [1.807, 2.05) is 12.1 Å². The van der Waals surface area contributed by atoms with Crippen LogP contribution in [0.3, 0.4) is 0 Å². The highest BCUT2D eigenvalue weighted by Crippen LogP contribution is 2.38. The normalized spacial score (nSPS) is 17.4. The van der Waals surface area contributed by atoms with Crippen molar-refractivity contribution in [2.24, 2.45) is 5.41 Å². The second-order valence-electron chi connectivity index (χ2n) is 5.71. The van der Waals surface area contributed by atoms with E-state index >= 15 is 0 Å². The number of hydrogen-bond donors (Lipinski definition) is 1. The van der Waals surface area contributed by atoms with Crippen LogP contribution in [-0.2, 0) is 0 Å². The first kappa shape index (κ1) is 13.8. The average molecular weight is 259 g/mol. The summed E-state index contributed by atoms with van der Waals surface area (Å²) in [6.07, 6.45) is 5.16. The summed E-state index contributed by atoms with van der Waals surface area (Å²) >= 11 is 0. The van der Waals surface area contributed by atoms with Gasteiger partial charge in [-0.2, -0.15) is 5.26 Å². The minimum absolute atomic E-state index is 0.346. The Balaban J connectivity index is 1.96. The molecule has 1 aliphatic carbocycles. The van der Waals surface area contributed by atoms with Crippen molar-refractivity contribution in [1.82, 2.24) is 15.1 Å². The topological polar surface area (TPSA) is 64.8 Å². The Kier molecular flexibility index (Phi) is 4.33. The molecule has 1 aromatic rings. The van der Waals surface area contributed by atoms with Crippen LogP contribution in [0.15, 0.2) is 12.1 Å². The average Bonchev–Trinajstić information content (AvgIpc) is 2.85. The molecule has 5 nitrogen and oxygen atoms in total. The molecule has 19 heavy (non-hydrogen) atoms. The van der Waals surface area contributed by atoms with Crippen LogP contribution in [0, 0.1) is 16.7 Å². The molecule has 0 spiro atoms. The molecule has 1 heterocycles. The second kappa shape index (κ2) is 5.98. The lowest BCUT2D eigenvalue weighted by molar-refractivity contribution is 0.215. The maximum Gasteiger partial charge on any atom is 0.163 e. The van der Waals surface area contributed by atoms with Gasteiger partial charge in [-0.15, -0.1) is 10.2 Å². The summed E-state index contributed by atoms with van der Waals surface area (Å²) in [7, 11) is 4.25. The van der Waals surface area contributed by atoms with Crippen molar-refractivity contribution >= 4 is 5.82 Å². The molecule has 1 N–H and O–H groups in total. The van der Waals surface area contributed by atoms with E-state index in [2.05, 4.69) is 34.5 Å². The van der Waals surface area contributed by atoms with Gasteiger partial charge in [0.25, 0.3) is 0 Å². The zero-order valence-electron chi connectivity index (χ0n) is 11.7. The molecule has 1 aromatic heterocycles. The van der Waals surface area contributed by atoms with Crippen LogP contribution in [0.1, 0.15) is 31.4 Å². The van der Waals surface area contributed by atoms with Gasteiger partial charge < -0.3 is 10.2 Å². The third-order valence-electron chi connectivity index (χ3n) is 3.74. The van der Waals surface area contributed by atoms with Gasteiger partial charge in [-0.25, -0.2) is 0 Å². The molecule has 1 fully saturated rings. The molecule has 0 amide bonds. The summed E-state index contributed by atoms with van der Waals surface area (Å²) in [5.74, 6) is 0.754. The van der Waals surface area contributed by atoms with Gasteiger partial charge in [0.2, 0.25) is 0 Å². The minimum atomic E-state index is 0.346. The fraction of sp³-hybridized carbons (Fsp3) is 0.643. The van der Waals surface area contributed by atoms with E-state index in [1.54, 1.807) is 6.07 Å². The molecule has 102 valence electrons. The van der Waals surface area contributed by atoms with Gasteiger partial charge in [-0.3, -0.25) is 0 Å². The van der Waals surface area contributed by atoms with Crippen LogP contribution in [0.5, 0.6) is 0 Å². The predicted octanol–water partition coefficient (Wildman–Crippen LogP) is 1.88. The van der Waals surface area contributed by atoms with Gasteiger partial charge in [0.1, 0.15) is 11.9 Å². The molecule has 5 heteroatoms. The molecule has 0 atom stereocenters. The van der Waals surface area contributed by atoms with Gasteiger partial charge in [-0.05, 0) is 39.1 Å². The Hall–Kier alpha value is -1.67. The molecule has 0 aromatic carbocycles. The smallest absolute Gasteiger partial charge is 0.163 e. The summed E-state index contributed by atoms with van der Waals surface area (Å²) in [6, 6.07) is 5.50. The Morgan fingerprint density at radius 1 is 1.32 bits per heavy atom. The standard InChI is InChI=1S/C14H21N5/c1-19(2)11-14(7-3-4-8-14)10-16-13-6-5-12(9-15)17-18-13/h5-6H,3-4,7-8,10-11H2,1-2H3,(H,16,18). The number of anilines is 1. The molecule has 0 bridgehead atoms. The maximum atomic E-state index is 8.69. The fourth-order valence-electron chi connectivity index (χ4n) is 2.95. The Morgan fingerprint density at radius 3 is 2.58 bits per heavy atom. The first-order chi connectivity index (χ1) is 9.13. The van der Waals surface area contributed by atoms with Gasteiger partial charge in [0.15, 0.2) is 5.69 Å². The molecule has 0 saturated heterocycles. The lowest BCUT2D eigenvalue weighted by atomic mass is 9.85. The van der Waals surface area contributed by atoms with Gasteiger partial charge in [0, 0.05) is 18.5 Å². The lowest BCUT2D eigenvalue weighted by Crippen LogP contribution is -2.37. The third kappa shape index (κ3) is 3.65. The van der Waals surface area contributed by atoms with Crippen LogP contribution >= 0.6 is 0 Å². The Morgan fingerprint density at radius 2 is 2.05 bits per heavy atom. The van der Waals surface area contributed by atoms with Crippen molar-refractivity contribution in [1.29, 1.82) is 5.26 Å². The van der Waals surface area contributed by atoms with Gasteiger partial charge >= 0.3 is 0 Å². The third-order valence-corrected chi connectivity index (χ3v) is 3.74. The quantitative estimate of drug-likeness (QED) is 0.874. The van der Waals surface area contributed by atoms with Crippen LogP contribution in [0.2, 0.25) is 0 Å². The SMILES string of the molecule is CN(C)CC1(CNc2ccc(C#N)nn2)CCCC1. The molecule has 0 aliphatic heterocycles. The van der Waals surface area contributed by atoms with Crippen molar-refractivity contribution < 1.29 is 0 Å². The van der Waals surface area contributed by atoms with E-state index in [0.29, 0.717) is 11.1 Å². The molecule has 1 saturated carbocycles. The number of hydrogen-bond acceptors (Lipinski definition) is 5. The van der Waals surface area contributed by atoms with Crippen molar-refractivity contribution in [3.05, 3.63) is 17.8 Å². The zero-order valence-corrected chi connectivity index (χ0v) is 11.7. The summed E-state index contributed by atoms with van der Waals surface area (Å²) in [5.41, 5.74) is 0.702. The van der Waals surface area contributed by atoms with E-state index in [1.165, 1.54) is 25.7 Å². The Labute approximate surface area is 114 Å². The van der Waals surface area contributed by atoms with Crippen molar-refractivity contribution in [2.75, 3.05) is 32.5 Å². The fourth-order valence-corrected chi connectivity index (χ4v) is 2.95. The summed E-state index contributed by atoms with van der Waals surface area (Å²) in [6.45, 7) is 2.02. The monoisotopic (exact) mass is 259 g/mol. The Bertz CT molecular complexity index is 440. The highest BCUT2D eigenvalue weighted by molar-refractivity contribution is 5.35. The van der Waals surface area contributed by atoms with E-state index in [9.17, 15) is 0 Å². The summed E-state index contributed by atoms with van der Waals surface area (Å²) in [4.78, 5) is 2.26. The van der Waals surface area contributed by atoms with E-state index in [0.717, 1.165) is 18.9 Å². The van der Waals surface area contributed by atoms with E-state index in [4.69, 9.17) is 5.26 Å². The molecular weight excluding hydrogens is 238 g/mol. The highest BCUT2D eigenvalue weighted by atomic mass is 15.2. The number of nitrogens with zero attached hydrogens (tertiary/aromatic N) is 4. The number of nitriles is 1. The predicted molar refractivity (Wildman–Crippen MR) is 74.7 cm³/mol. The zero-order chi connectivity index (χ0) is 13.7. The van der Waals surface area contributed by atoms with Crippen molar-refractivity contribution in [3.63, 3.8) is 0 Å². The number of rotatable bonds is 5. The van der Waals surface area contributed by atoms with E-state index < -0.39 is 0 Å². The lowest BCUT2D eigenvalue weighted by Gasteiger charge is -2.32. The summed E-state index contributed by atoms with van der Waals surface area (Å²) in [5, 5.41) is 19.9. The molecule has 1 aliphatic rings. The highest BCUT2D eigenvalue weighted by Gasteiger charge is 2.34. The van der Waals surface area contributed by atoms with Crippen LogP contribution in [0.25, 0.3) is 0 Å². The number of aromatic nitrogens is 2. The molecule has 0 unspecified atom stereocenters. The van der Waals surface area contributed by atoms with Gasteiger partial charge in [0.05, 0.1) is 0 Å². The van der Waals surface area contributed by atoms with Crippen LogP contribution in [0.4, 0.5) is 5.82 Å².